The lowest BCUT2D eigenvalue weighted by Crippen LogP contribution is -2.00. The number of ether oxygens (including phenoxy) is 2. The van der Waals surface area contributed by atoms with Gasteiger partial charge in [0.2, 0.25) is 0 Å². The number of aromatic amines is 1. The molecule has 0 aliphatic rings. The Labute approximate surface area is 171 Å². The monoisotopic (exact) mass is 483 g/mol. The van der Waals surface area contributed by atoms with E-state index in [4.69, 9.17) is 21.1 Å². The highest BCUT2D eigenvalue weighted by molar-refractivity contribution is 14.1. The number of halogens is 2. The number of fused-ring (bicyclic) bond motifs is 1. The summed E-state index contributed by atoms with van der Waals surface area (Å²) in [7, 11) is 3.03. The van der Waals surface area contributed by atoms with E-state index in [2.05, 4.69) is 45.8 Å². The maximum Gasteiger partial charge on any atom is 0.305 e. The molecule has 136 valence electrons. The van der Waals surface area contributed by atoms with E-state index in [0.717, 1.165) is 29.6 Å². The predicted octanol–water partition coefficient (Wildman–Crippen LogP) is 5.60. The third-order valence-corrected chi connectivity index (χ3v) is 5.33. The van der Waals surface area contributed by atoms with Gasteiger partial charge < -0.3 is 14.5 Å². The Morgan fingerprint density at radius 1 is 1.19 bits per heavy atom. The molecule has 0 aliphatic heterocycles. The first-order chi connectivity index (χ1) is 12.5. The van der Waals surface area contributed by atoms with Gasteiger partial charge in [0.05, 0.1) is 19.2 Å². The van der Waals surface area contributed by atoms with Gasteiger partial charge in [-0.2, -0.15) is 0 Å². The quantitative estimate of drug-likeness (QED) is 0.367. The molecular weight excluding hydrogens is 465 g/mol. The third kappa shape index (κ3) is 3.99. The van der Waals surface area contributed by atoms with Gasteiger partial charge in [-0.25, -0.2) is 0 Å². The lowest BCUT2D eigenvalue weighted by molar-refractivity contribution is -0.140. The van der Waals surface area contributed by atoms with Crippen LogP contribution < -0.4 is 4.74 Å². The van der Waals surface area contributed by atoms with Crippen LogP contribution in [0.15, 0.2) is 36.4 Å². The number of methoxy groups -OCH3 is 2. The van der Waals surface area contributed by atoms with E-state index >= 15 is 0 Å². The Kier molecular flexibility index (Phi) is 6.09. The minimum atomic E-state index is -0.186. The first-order valence-corrected chi connectivity index (χ1v) is 9.70. The number of benzene rings is 2. The zero-order valence-electron chi connectivity index (χ0n) is 14.6. The Bertz CT molecular complexity index is 952. The van der Waals surface area contributed by atoms with Gasteiger partial charge in [0.25, 0.3) is 0 Å². The van der Waals surface area contributed by atoms with Gasteiger partial charge in [-0.15, -0.1) is 0 Å². The van der Waals surface area contributed by atoms with Crippen molar-refractivity contribution in [1.82, 2.24) is 4.98 Å². The van der Waals surface area contributed by atoms with Crippen LogP contribution in [0, 0.1) is 3.57 Å². The van der Waals surface area contributed by atoms with Crippen LogP contribution in [0.2, 0.25) is 5.02 Å². The van der Waals surface area contributed by atoms with Gasteiger partial charge in [0.15, 0.2) is 0 Å². The molecule has 0 saturated heterocycles. The molecule has 3 rings (SSSR count). The molecule has 0 bridgehead atoms. The number of carbonyl (C=O) groups excluding carboxylic acids is 1. The fourth-order valence-corrected chi connectivity index (χ4v) is 3.74. The van der Waals surface area contributed by atoms with Crippen LogP contribution in [-0.4, -0.2) is 25.2 Å². The number of hydrogen-bond donors (Lipinski definition) is 1. The van der Waals surface area contributed by atoms with E-state index < -0.39 is 0 Å². The average Bonchev–Trinajstić information content (AvgIpc) is 3.00. The number of hydrogen-bond acceptors (Lipinski definition) is 3. The number of aromatic nitrogens is 1. The van der Waals surface area contributed by atoms with Gasteiger partial charge >= 0.3 is 5.97 Å². The fourth-order valence-electron chi connectivity index (χ4n) is 3.05. The van der Waals surface area contributed by atoms with Crippen molar-refractivity contribution in [3.8, 4) is 17.0 Å². The van der Waals surface area contributed by atoms with Crippen molar-refractivity contribution in [2.24, 2.45) is 0 Å². The van der Waals surface area contributed by atoms with Crippen LogP contribution in [0.3, 0.4) is 0 Å². The molecule has 0 aliphatic carbocycles. The maximum absolute atomic E-state index is 11.5. The van der Waals surface area contributed by atoms with Gasteiger partial charge in [-0.1, -0.05) is 17.7 Å². The van der Waals surface area contributed by atoms with Crippen molar-refractivity contribution in [3.63, 3.8) is 0 Å². The molecule has 0 saturated carbocycles. The summed E-state index contributed by atoms with van der Waals surface area (Å²) >= 11 is 8.48. The molecule has 0 fully saturated rings. The number of rotatable bonds is 6. The van der Waals surface area contributed by atoms with Crippen molar-refractivity contribution >= 4 is 51.1 Å². The zero-order valence-corrected chi connectivity index (χ0v) is 17.5. The van der Waals surface area contributed by atoms with Crippen LogP contribution in [-0.2, 0) is 16.0 Å². The second kappa shape index (κ2) is 8.31. The smallest absolute Gasteiger partial charge is 0.305 e. The first kappa shape index (κ1) is 19.0. The van der Waals surface area contributed by atoms with E-state index in [9.17, 15) is 4.79 Å². The Hall–Kier alpha value is -1.73. The van der Waals surface area contributed by atoms with E-state index in [-0.39, 0.29) is 5.97 Å². The maximum atomic E-state index is 11.5. The summed E-state index contributed by atoms with van der Waals surface area (Å²) < 4.78 is 11.3. The summed E-state index contributed by atoms with van der Waals surface area (Å²) in [5, 5.41) is 1.75. The minimum Gasteiger partial charge on any atom is -0.495 e. The van der Waals surface area contributed by atoms with E-state index in [0.29, 0.717) is 17.2 Å². The minimum absolute atomic E-state index is 0.186. The summed E-state index contributed by atoms with van der Waals surface area (Å²) in [5.74, 6) is 0.451. The lowest BCUT2D eigenvalue weighted by Gasteiger charge is -2.08. The molecule has 6 heteroatoms. The number of nitrogens with one attached hydrogen (secondary N) is 1. The first-order valence-electron chi connectivity index (χ1n) is 8.24. The van der Waals surface area contributed by atoms with E-state index in [1.54, 1.807) is 7.11 Å². The Morgan fingerprint density at radius 3 is 2.73 bits per heavy atom. The molecular formula is C20H19ClINO3. The standard InChI is InChI=1S/C20H19ClINO3/c1-25-18-10-12(6-8-16(18)21)20-14(4-3-5-19(24)26-2)15-11-13(22)7-9-17(15)23-20/h6-11,23H,3-5H2,1-2H3. The molecule has 0 unspecified atom stereocenters. The number of H-pyrrole nitrogens is 1. The molecule has 26 heavy (non-hydrogen) atoms. The van der Waals surface area contributed by atoms with E-state index in [1.165, 1.54) is 21.6 Å². The van der Waals surface area contributed by atoms with E-state index in [1.807, 2.05) is 18.2 Å². The molecule has 0 amide bonds. The lowest BCUT2D eigenvalue weighted by atomic mass is 10.00. The third-order valence-electron chi connectivity index (χ3n) is 4.34. The highest BCUT2D eigenvalue weighted by Crippen LogP contribution is 2.36. The second-order valence-electron chi connectivity index (χ2n) is 5.95. The summed E-state index contributed by atoms with van der Waals surface area (Å²) in [5.41, 5.74) is 4.29. The highest BCUT2D eigenvalue weighted by atomic mass is 127. The van der Waals surface area contributed by atoms with Gasteiger partial charge in [0, 0.05) is 32.2 Å². The number of esters is 1. The molecule has 4 nitrogen and oxygen atoms in total. The largest absolute Gasteiger partial charge is 0.495 e. The average molecular weight is 484 g/mol. The number of carbonyl (C=O) groups is 1. The molecule has 1 heterocycles. The van der Waals surface area contributed by atoms with Gasteiger partial charge in [-0.05, 0) is 71.3 Å². The molecule has 1 aromatic heterocycles. The summed E-state index contributed by atoms with van der Waals surface area (Å²) in [4.78, 5) is 15.0. The van der Waals surface area contributed by atoms with Crippen LogP contribution in [0.5, 0.6) is 5.75 Å². The SMILES string of the molecule is COC(=O)CCCc1c(-c2ccc(Cl)c(OC)c2)[nH]c2ccc(I)cc12. The summed E-state index contributed by atoms with van der Waals surface area (Å²) in [6.07, 6.45) is 1.90. The predicted molar refractivity (Wildman–Crippen MR) is 113 cm³/mol. The second-order valence-corrected chi connectivity index (χ2v) is 7.60. The van der Waals surface area contributed by atoms with Crippen molar-refractivity contribution in [2.75, 3.05) is 14.2 Å². The van der Waals surface area contributed by atoms with Crippen LogP contribution in [0.25, 0.3) is 22.2 Å². The zero-order chi connectivity index (χ0) is 18.7. The van der Waals surface area contributed by atoms with Crippen molar-refractivity contribution in [1.29, 1.82) is 0 Å². The van der Waals surface area contributed by atoms with Crippen LogP contribution in [0.1, 0.15) is 18.4 Å². The summed E-state index contributed by atoms with van der Waals surface area (Å²) in [6.45, 7) is 0. The number of aryl methyl sites for hydroxylation is 1. The van der Waals surface area contributed by atoms with Crippen LogP contribution >= 0.6 is 34.2 Å². The van der Waals surface area contributed by atoms with Crippen molar-refractivity contribution in [2.45, 2.75) is 19.3 Å². The van der Waals surface area contributed by atoms with Crippen molar-refractivity contribution < 1.29 is 14.3 Å². The Balaban J connectivity index is 2.06. The van der Waals surface area contributed by atoms with Crippen LogP contribution in [0.4, 0.5) is 0 Å². The summed E-state index contributed by atoms with van der Waals surface area (Å²) in [6, 6.07) is 12.1. The molecule has 0 spiro atoms. The normalized spacial score (nSPS) is 10.9. The Morgan fingerprint density at radius 2 is 2.00 bits per heavy atom. The topological polar surface area (TPSA) is 51.3 Å². The van der Waals surface area contributed by atoms with Gasteiger partial charge in [-0.3, -0.25) is 4.79 Å². The fraction of sp³-hybridized carbons (Fsp3) is 0.250. The molecule has 2 aromatic carbocycles. The molecule has 3 aromatic rings. The molecule has 0 radical (unpaired) electrons. The van der Waals surface area contributed by atoms with Crippen molar-refractivity contribution in [3.05, 3.63) is 50.6 Å². The highest BCUT2D eigenvalue weighted by Gasteiger charge is 2.15. The molecule has 1 N–H and O–H groups in total. The molecule has 0 atom stereocenters. The van der Waals surface area contributed by atoms with Gasteiger partial charge in [0.1, 0.15) is 5.75 Å².